The molecule has 0 spiro atoms. The lowest BCUT2D eigenvalue weighted by molar-refractivity contribution is -0.256. The van der Waals surface area contributed by atoms with Crippen LogP contribution in [0.2, 0.25) is 0 Å². The lowest BCUT2D eigenvalue weighted by atomic mass is 9.55. The zero-order valence-electron chi connectivity index (χ0n) is 42.5. The zero-order valence-corrected chi connectivity index (χ0v) is 42.5. The van der Waals surface area contributed by atoms with Gasteiger partial charge in [0.2, 0.25) is 5.79 Å². The number of amides is 1. The molecule has 11 heteroatoms. The van der Waals surface area contributed by atoms with E-state index < -0.39 is 29.4 Å². The molecule has 0 saturated heterocycles. The third-order valence-corrected chi connectivity index (χ3v) is 14.4. The lowest BCUT2D eigenvalue weighted by Gasteiger charge is -2.60. The number of aliphatic hydroxyl groups excluding tert-OH is 2. The van der Waals surface area contributed by atoms with Gasteiger partial charge in [-0.1, -0.05) is 133 Å². The number of hydrogen-bond donors (Lipinski definition) is 2. The Kier molecular flexibility index (Phi) is 16.6. The largest absolute Gasteiger partial charge is 0.459 e. The molecule has 9 rings (SSSR count). The van der Waals surface area contributed by atoms with Crippen LogP contribution in [0.15, 0.2) is 163 Å². The first-order valence-electron chi connectivity index (χ1n) is 26.0. The molecule has 0 bridgehead atoms. The molecule has 1 fully saturated rings. The Morgan fingerprint density at radius 1 is 0.808 bits per heavy atom. The van der Waals surface area contributed by atoms with Gasteiger partial charge in [-0.05, 0) is 127 Å². The molecule has 2 N–H and O–H groups in total. The predicted molar refractivity (Wildman–Crippen MR) is 287 cm³/mol. The minimum absolute atomic E-state index is 0.0162. The van der Waals surface area contributed by atoms with Crippen LogP contribution in [0.4, 0.5) is 4.79 Å². The van der Waals surface area contributed by atoms with E-state index in [0.717, 1.165) is 69.5 Å². The molecule has 73 heavy (non-hydrogen) atoms. The average molecular weight is 987 g/mol. The van der Waals surface area contributed by atoms with E-state index >= 15 is 4.79 Å². The number of allylic oxidation sites excluding steroid dienone is 1. The molecule has 0 aromatic heterocycles. The smallest absolute Gasteiger partial charge is 0.410 e. The van der Waals surface area contributed by atoms with Crippen molar-refractivity contribution in [1.29, 1.82) is 0 Å². The highest BCUT2D eigenvalue weighted by Crippen LogP contribution is 2.62. The van der Waals surface area contributed by atoms with Crippen LogP contribution in [0.1, 0.15) is 88.3 Å². The molecule has 1 aliphatic heterocycles. The highest BCUT2D eigenvalue weighted by molar-refractivity contribution is 6.03. The third-order valence-electron chi connectivity index (χ3n) is 14.4. The summed E-state index contributed by atoms with van der Waals surface area (Å²) in [6.07, 6.45) is 8.30. The first-order chi connectivity index (χ1) is 35.6. The minimum atomic E-state index is -1.50. The first kappa shape index (κ1) is 51.4. The van der Waals surface area contributed by atoms with E-state index in [1.807, 2.05) is 99.6 Å². The highest BCUT2D eigenvalue weighted by atomic mass is 16.7. The second kappa shape index (κ2) is 23.6. The Morgan fingerprint density at radius 3 is 2.30 bits per heavy atom. The zero-order chi connectivity index (χ0) is 50.8. The molecule has 1 saturated carbocycles. The Hall–Kier alpha value is -6.50. The normalized spacial score (nSPS) is 21.7. The van der Waals surface area contributed by atoms with E-state index in [9.17, 15) is 10.2 Å². The number of ether oxygens (including phenoxy) is 5. The van der Waals surface area contributed by atoms with Crippen LogP contribution in [0.25, 0.3) is 21.5 Å². The third kappa shape index (κ3) is 11.8. The molecule has 6 atom stereocenters. The number of carbonyl (C=O) groups excluding carboxylic acids is 1. The molecule has 0 radical (unpaired) electrons. The van der Waals surface area contributed by atoms with E-state index in [1.165, 1.54) is 0 Å². The summed E-state index contributed by atoms with van der Waals surface area (Å²) in [6.45, 7) is 11.1. The van der Waals surface area contributed by atoms with Gasteiger partial charge in [-0.15, -0.1) is 6.58 Å². The highest BCUT2D eigenvalue weighted by Gasteiger charge is 2.66. The topological polar surface area (TPSA) is 129 Å². The van der Waals surface area contributed by atoms with Gasteiger partial charge in [0, 0.05) is 31.1 Å². The van der Waals surface area contributed by atoms with Crippen LogP contribution < -0.4 is 9.47 Å². The van der Waals surface area contributed by atoms with Crippen molar-refractivity contribution in [3.63, 3.8) is 0 Å². The van der Waals surface area contributed by atoms with Gasteiger partial charge in [-0.3, -0.25) is 4.90 Å². The Balaban J connectivity index is 1.21. The molecular weight excluding hydrogens is 917 g/mol. The average Bonchev–Trinajstić information content (AvgIpc) is 3.40. The summed E-state index contributed by atoms with van der Waals surface area (Å²) < 4.78 is 33.9. The summed E-state index contributed by atoms with van der Waals surface area (Å²) in [5.74, 6) is -0.207. The van der Waals surface area contributed by atoms with Crippen molar-refractivity contribution in [2.75, 3.05) is 33.0 Å². The van der Waals surface area contributed by atoms with Gasteiger partial charge in [-0.25, -0.2) is 4.79 Å². The molecule has 2 aliphatic carbocycles. The fraction of sp³-hybridized carbons (Fsp3) is 0.387. The summed E-state index contributed by atoms with van der Waals surface area (Å²) in [7, 11) is 0. The van der Waals surface area contributed by atoms with Crippen molar-refractivity contribution >= 4 is 33.3 Å². The molecular formula is C62H70N2O9. The number of carbonyl (C=O) groups is 1. The number of benzene rings is 6. The van der Waals surface area contributed by atoms with Crippen molar-refractivity contribution in [2.45, 2.75) is 102 Å². The number of oxime groups is 1. The van der Waals surface area contributed by atoms with Gasteiger partial charge in [0.1, 0.15) is 35.5 Å². The lowest BCUT2D eigenvalue weighted by Crippen LogP contribution is -2.70. The Morgan fingerprint density at radius 2 is 1.52 bits per heavy atom. The van der Waals surface area contributed by atoms with Crippen molar-refractivity contribution in [3.05, 3.63) is 174 Å². The molecule has 6 aromatic rings. The summed E-state index contributed by atoms with van der Waals surface area (Å²) in [6, 6.07) is 43.8. The van der Waals surface area contributed by atoms with Crippen LogP contribution in [0, 0.1) is 17.8 Å². The molecule has 3 aliphatic rings. The van der Waals surface area contributed by atoms with Gasteiger partial charge >= 0.3 is 6.09 Å². The number of aliphatic hydroxyl groups is 2. The van der Waals surface area contributed by atoms with Crippen LogP contribution in [-0.2, 0) is 32.2 Å². The maximum atomic E-state index is 15.3. The van der Waals surface area contributed by atoms with Gasteiger partial charge in [0.25, 0.3) is 0 Å². The summed E-state index contributed by atoms with van der Waals surface area (Å²) in [5.41, 5.74) is 3.93. The van der Waals surface area contributed by atoms with Crippen molar-refractivity contribution in [3.8, 4) is 17.2 Å². The van der Waals surface area contributed by atoms with Crippen molar-refractivity contribution in [1.82, 2.24) is 4.90 Å². The molecule has 0 unspecified atom stereocenters. The molecule has 1 amide bonds. The number of hydrogen-bond acceptors (Lipinski definition) is 10. The number of nitrogens with zero attached hydrogens (tertiary/aromatic N) is 2. The monoisotopic (exact) mass is 987 g/mol. The molecule has 382 valence electrons. The maximum absolute atomic E-state index is 15.3. The van der Waals surface area contributed by atoms with E-state index in [-0.39, 0.29) is 63.8 Å². The summed E-state index contributed by atoms with van der Waals surface area (Å²) in [5, 5.41) is 29.5. The van der Waals surface area contributed by atoms with Gasteiger partial charge < -0.3 is 38.7 Å². The second-order valence-electron chi connectivity index (χ2n) is 20.5. The van der Waals surface area contributed by atoms with E-state index in [4.69, 9.17) is 33.7 Å². The van der Waals surface area contributed by atoms with Crippen LogP contribution in [0.3, 0.4) is 0 Å². The minimum Gasteiger partial charge on any atom is -0.459 e. The van der Waals surface area contributed by atoms with E-state index in [2.05, 4.69) is 67.3 Å². The molecule has 6 aromatic carbocycles. The summed E-state index contributed by atoms with van der Waals surface area (Å²) >= 11 is 0. The van der Waals surface area contributed by atoms with Crippen LogP contribution in [-0.4, -0.2) is 77.4 Å². The maximum Gasteiger partial charge on any atom is 0.410 e. The SMILES string of the molecule is C=CCO[C@@]12Oc3ccc(Oc4ccc5ccccc5c4)cc3[C@H]3[C@H](CCCCO)[C@@H](CCCCO)C=C(C(=NOC(C)(C)C)C[C@@H]1N(Cc1cccc4ccccc14)C(=O)OCCOCc1ccccc1)[C@H]32. The molecule has 1 heterocycles. The quantitative estimate of drug-likeness (QED) is 0.0388. The van der Waals surface area contributed by atoms with Gasteiger partial charge in [0.15, 0.2) is 0 Å². The molecule has 11 nitrogen and oxygen atoms in total. The van der Waals surface area contributed by atoms with Crippen LogP contribution >= 0.6 is 0 Å². The predicted octanol–water partition coefficient (Wildman–Crippen LogP) is 13.1. The Bertz CT molecular complexity index is 2890. The van der Waals surface area contributed by atoms with Crippen molar-refractivity contribution < 1.29 is 43.5 Å². The standard InChI is InChI=1S/C62H70N2O9/c1-5-34-70-62-57(64(41-48-25-17-24-45-21-11-12-26-51(45)48)60(67)69-36-35-68-42-43-18-7-6-8-19-43)40-55(63-73-61(2,3)4)53-38-47(23-13-15-32-65)52(27-14-16-33-66)58(59(53)62)54-39-50(30-31-56(54)72-62)71-49-29-28-44-20-9-10-22-46(44)37-49/h5-12,17-22,24-26,28-31,37-39,47,52,57-59,65-66H,1,13-16,23,27,32-36,40-42H2,2-4H3/t47-,52+,57-,58+,59+,62+/m0/s1. The first-order valence-corrected chi connectivity index (χ1v) is 26.0. The van der Waals surface area contributed by atoms with E-state index in [0.29, 0.717) is 42.4 Å². The number of fused-ring (bicyclic) bond motifs is 4. The second-order valence-corrected chi connectivity index (χ2v) is 20.5. The van der Waals surface area contributed by atoms with Gasteiger partial charge in [-0.2, -0.15) is 0 Å². The Labute approximate surface area is 430 Å². The number of unbranched alkanes of at least 4 members (excludes halogenated alkanes) is 2. The van der Waals surface area contributed by atoms with Crippen LogP contribution in [0.5, 0.6) is 17.2 Å². The van der Waals surface area contributed by atoms with Gasteiger partial charge in [0.05, 0.1) is 38.0 Å². The van der Waals surface area contributed by atoms with E-state index in [1.54, 1.807) is 11.0 Å². The number of rotatable bonds is 22. The van der Waals surface area contributed by atoms with Crippen molar-refractivity contribution in [2.24, 2.45) is 22.9 Å². The summed E-state index contributed by atoms with van der Waals surface area (Å²) in [4.78, 5) is 23.5. The fourth-order valence-corrected chi connectivity index (χ4v) is 11.2. The fourth-order valence-electron chi connectivity index (χ4n) is 11.2.